The van der Waals surface area contributed by atoms with Gasteiger partial charge in [-0.2, -0.15) is 0 Å². The molecule has 0 N–H and O–H groups in total. The third kappa shape index (κ3) is 3.08. The number of benzene rings is 4. The van der Waals surface area contributed by atoms with Gasteiger partial charge in [0.05, 0.1) is 11.1 Å². The van der Waals surface area contributed by atoms with Gasteiger partial charge in [0, 0.05) is 6.20 Å². The van der Waals surface area contributed by atoms with E-state index in [0.717, 1.165) is 29.0 Å². The van der Waals surface area contributed by atoms with E-state index in [1.165, 1.54) is 33.4 Å². The molecule has 0 saturated carbocycles. The molecule has 1 aromatic heterocycles. The Kier molecular flexibility index (Phi) is 5.09. The maximum absolute atomic E-state index is 6.57. The average Bonchev–Trinajstić information content (AvgIpc) is 3.26. The number of rotatable bonds is 3. The normalized spacial score (nSPS) is 16.0. The molecule has 0 bridgehead atoms. The van der Waals surface area contributed by atoms with Crippen LogP contribution in [0, 0.1) is 0 Å². The van der Waals surface area contributed by atoms with Crippen molar-refractivity contribution < 1.29 is 4.74 Å². The molecule has 3 nitrogen and oxygen atoms in total. The van der Waals surface area contributed by atoms with E-state index in [4.69, 9.17) is 14.7 Å². The monoisotopic (exact) mass is 492 g/mol. The number of aromatic nitrogens is 1. The van der Waals surface area contributed by atoms with Crippen molar-refractivity contribution in [1.82, 2.24) is 4.98 Å². The first-order valence-electron chi connectivity index (χ1n) is 13.1. The summed E-state index contributed by atoms with van der Waals surface area (Å²) >= 11 is 0. The second kappa shape index (κ2) is 8.53. The first-order valence-corrected chi connectivity index (χ1v) is 13.1. The van der Waals surface area contributed by atoms with Crippen molar-refractivity contribution in [3.05, 3.63) is 154 Å². The Labute approximate surface area is 223 Å². The summed E-state index contributed by atoms with van der Waals surface area (Å²) in [5.74, 6) is 0.931. The third-order valence-electron chi connectivity index (χ3n) is 8.50. The van der Waals surface area contributed by atoms with Crippen LogP contribution < -0.4 is 4.74 Å². The molecule has 1 spiro atoms. The van der Waals surface area contributed by atoms with Crippen LogP contribution in [0.5, 0.6) is 5.75 Å². The summed E-state index contributed by atoms with van der Waals surface area (Å²) in [4.78, 5) is 9.41. The Balaban J connectivity index is 1.59. The van der Waals surface area contributed by atoms with Crippen molar-refractivity contribution in [2.45, 2.75) is 30.9 Å². The SMILES string of the molecule is C=NC(C)(c1ccccn1)c1cccc2c1COc1ccccc1CC21c2ccccc2-c2ccccc21. The number of hydrogen-bond acceptors (Lipinski definition) is 3. The van der Waals surface area contributed by atoms with Crippen LogP contribution in [0.1, 0.15) is 46.0 Å². The summed E-state index contributed by atoms with van der Waals surface area (Å²) in [6, 6.07) is 38.8. The van der Waals surface area contributed by atoms with Gasteiger partial charge in [-0.15, -0.1) is 0 Å². The van der Waals surface area contributed by atoms with Crippen LogP contribution in [0.2, 0.25) is 0 Å². The molecule has 4 aromatic carbocycles. The second-order valence-electron chi connectivity index (χ2n) is 10.3. The second-order valence-corrected chi connectivity index (χ2v) is 10.3. The molecule has 1 aliphatic heterocycles. The lowest BCUT2D eigenvalue weighted by molar-refractivity contribution is 0.290. The molecule has 0 radical (unpaired) electrons. The van der Waals surface area contributed by atoms with Gasteiger partial charge in [0.1, 0.15) is 17.9 Å². The number of para-hydroxylation sites is 1. The highest BCUT2D eigenvalue weighted by molar-refractivity contribution is 5.84. The Morgan fingerprint density at radius 2 is 1.42 bits per heavy atom. The third-order valence-corrected chi connectivity index (χ3v) is 8.50. The quantitative estimate of drug-likeness (QED) is 0.245. The lowest BCUT2D eigenvalue weighted by atomic mass is 9.65. The highest BCUT2D eigenvalue weighted by atomic mass is 16.5. The Morgan fingerprint density at radius 1 is 0.763 bits per heavy atom. The average molecular weight is 493 g/mol. The van der Waals surface area contributed by atoms with Gasteiger partial charge in [-0.3, -0.25) is 9.98 Å². The highest BCUT2D eigenvalue weighted by Gasteiger charge is 2.48. The Bertz CT molecular complexity index is 1640. The fourth-order valence-corrected chi connectivity index (χ4v) is 6.68. The van der Waals surface area contributed by atoms with Gasteiger partial charge in [0.25, 0.3) is 0 Å². The zero-order valence-corrected chi connectivity index (χ0v) is 21.4. The van der Waals surface area contributed by atoms with Crippen molar-refractivity contribution in [3.63, 3.8) is 0 Å². The van der Waals surface area contributed by atoms with Gasteiger partial charge in [-0.05, 0) is 82.8 Å². The Hall–Kier alpha value is -4.50. The van der Waals surface area contributed by atoms with Crippen molar-refractivity contribution in [1.29, 1.82) is 0 Å². The minimum absolute atomic E-state index is 0.370. The summed E-state index contributed by atoms with van der Waals surface area (Å²) in [6.07, 6.45) is 2.62. The molecule has 0 fully saturated rings. The molecule has 7 rings (SSSR count). The predicted molar refractivity (Wildman–Crippen MR) is 153 cm³/mol. The molecular weight excluding hydrogens is 464 g/mol. The van der Waals surface area contributed by atoms with Gasteiger partial charge >= 0.3 is 0 Å². The maximum atomic E-state index is 6.57. The van der Waals surface area contributed by atoms with Gasteiger partial charge < -0.3 is 4.74 Å². The standard InChI is InChI=1S/C35H28N2O/c1-34(36-2,33-20-9-10-21-37-33)28-17-11-18-31-27(28)23-38-32-19-8-3-12-24(32)22-35(31)29-15-6-4-13-25(29)26-14-5-7-16-30(26)35/h3-21H,2,22-23H2,1H3. The van der Waals surface area contributed by atoms with E-state index in [1.807, 2.05) is 24.4 Å². The number of hydrogen-bond donors (Lipinski definition) is 0. The van der Waals surface area contributed by atoms with Crippen LogP contribution in [0.25, 0.3) is 11.1 Å². The van der Waals surface area contributed by atoms with Crippen molar-refractivity contribution in [2.24, 2.45) is 4.99 Å². The van der Waals surface area contributed by atoms with E-state index in [9.17, 15) is 0 Å². The molecule has 38 heavy (non-hydrogen) atoms. The molecule has 2 aliphatic rings. The molecule has 184 valence electrons. The van der Waals surface area contributed by atoms with E-state index >= 15 is 0 Å². The van der Waals surface area contributed by atoms with Crippen LogP contribution in [0.15, 0.2) is 120 Å². The number of aliphatic imine (C=N–C) groups is 1. The summed E-state index contributed by atoms with van der Waals surface area (Å²) in [7, 11) is 0. The molecule has 5 aromatic rings. The number of ether oxygens (including phenoxy) is 1. The molecule has 2 heterocycles. The number of fused-ring (bicyclic) bond motifs is 8. The fraction of sp³-hybridized carbons (Fsp3) is 0.143. The van der Waals surface area contributed by atoms with Crippen LogP contribution in [0.4, 0.5) is 0 Å². The fourth-order valence-electron chi connectivity index (χ4n) is 6.68. The lowest BCUT2D eigenvalue weighted by Gasteiger charge is -2.39. The summed E-state index contributed by atoms with van der Waals surface area (Å²) < 4.78 is 6.57. The Morgan fingerprint density at radius 3 is 2.13 bits per heavy atom. The maximum Gasteiger partial charge on any atom is 0.124 e. The van der Waals surface area contributed by atoms with Crippen LogP contribution in [-0.2, 0) is 24.0 Å². The zero-order chi connectivity index (χ0) is 25.7. The highest BCUT2D eigenvalue weighted by Crippen LogP contribution is 2.56. The largest absolute Gasteiger partial charge is 0.489 e. The van der Waals surface area contributed by atoms with Gasteiger partial charge in [0.2, 0.25) is 0 Å². The molecule has 0 saturated heterocycles. The van der Waals surface area contributed by atoms with Crippen LogP contribution in [0.3, 0.4) is 0 Å². The lowest BCUT2D eigenvalue weighted by Crippen LogP contribution is -2.35. The molecule has 1 unspecified atom stereocenters. The van der Waals surface area contributed by atoms with Gasteiger partial charge in [-0.25, -0.2) is 0 Å². The molecule has 1 aliphatic carbocycles. The first kappa shape index (κ1) is 22.7. The van der Waals surface area contributed by atoms with E-state index in [2.05, 4.69) is 105 Å². The number of pyridine rings is 1. The minimum Gasteiger partial charge on any atom is -0.489 e. The van der Waals surface area contributed by atoms with Gasteiger partial charge in [0.15, 0.2) is 0 Å². The summed E-state index contributed by atoms with van der Waals surface area (Å²) in [5.41, 5.74) is 9.73. The smallest absolute Gasteiger partial charge is 0.124 e. The van der Waals surface area contributed by atoms with E-state index < -0.39 is 5.54 Å². The topological polar surface area (TPSA) is 34.5 Å². The summed E-state index contributed by atoms with van der Waals surface area (Å²) in [5, 5.41) is 0. The summed E-state index contributed by atoms with van der Waals surface area (Å²) in [6.45, 7) is 6.58. The van der Waals surface area contributed by atoms with Crippen molar-refractivity contribution >= 4 is 6.72 Å². The number of nitrogens with zero attached hydrogens (tertiary/aromatic N) is 2. The van der Waals surface area contributed by atoms with E-state index in [1.54, 1.807) is 0 Å². The predicted octanol–water partition coefficient (Wildman–Crippen LogP) is 7.50. The van der Waals surface area contributed by atoms with E-state index in [-0.39, 0.29) is 5.41 Å². The van der Waals surface area contributed by atoms with Crippen molar-refractivity contribution in [2.75, 3.05) is 0 Å². The molecule has 1 atom stereocenters. The van der Waals surface area contributed by atoms with E-state index in [0.29, 0.717) is 6.61 Å². The minimum atomic E-state index is -0.729. The van der Waals surface area contributed by atoms with Crippen LogP contribution in [-0.4, -0.2) is 11.7 Å². The van der Waals surface area contributed by atoms with Crippen LogP contribution >= 0.6 is 0 Å². The zero-order valence-electron chi connectivity index (χ0n) is 21.4. The molecule has 3 heteroatoms. The van der Waals surface area contributed by atoms with Gasteiger partial charge in [-0.1, -0.05) is 91.0 Å². The molecular formula is C35H28N2O. The molecule has 0 amide bonds. The van der Waals surface area contributed by atoms with Crippen molar-refractivity contribution in [3.8, 4) is 16.9 Å². The first-order chi connectivity index (χ1) is 18.7.